The van der Waals surface area contributed by atoms with Gasteiger partial charge in [-0.25, -0.2) is 9.59 Å². The number of aryl methyl sites for hydroxylation is 1. The lowest BCUT2D eigenvalue weighted by molar-refractivity contribution is 0.0687. The molecule has 22 heavy (non-hydrogen) atoms. The van der Waals surface area contributed by atoms with Gasteiger partial charge >= 0.3 is 12.0 Å². The Morgan fingerprint density at radius 1 is 1.05 bits per heavy atom. The molecule has 2 aromatic carbocycles. The van der Waals surface area contributed by atoms with E-state index in [1.54, 1.807) is 30.3 Å². The highest BCUT2D eigenvalue weighted by Gasteiger charge is 2.19. The number of carbonyl (C=O) groups is 2. The van der Waals surface area contributed by atoms with Crippen LogP contribution < -0.4 is 5.32 Å². The maximum atomic E-state index is 12.6. The van der Waals surface area contributed by atoms with Crippen molar-refractivity contribution in [3.05, 3.63) is 65.9 Å². The number of aromatic nitrogens is 1. The minimum absolute atomic E-state index is 0.0627. The Labute approximate surface area is 126 Å². The van der Waals surface area contributed by atoms with Crippen molar-refractivity contribution in [2.24, 2.45) is 0 Å². The van der Waals surface area contributed by atoms with Crippen LogP contribution in [0.25, 0.3) is 10.9 Å². The van der Waals surface area contributed by atoms with E-state index in [0.717, 1.165) is 5.56 Å². The average Bonchev–Trinajstić information content (AvgIpc) is 2.89. The van der Waals surface area contributed by atoms with Crippen LogP contribution in [-0.4, -0.2) is 21.7 Å². The Balaban J connectivity index is 2.09. The molecular formula is C17H14N2O3. The summed E-state index contributed by atoms with van der Waals surface area (Å²) in [6.45, 7) is 1.88. The van der Waals surface area contributed by atoms with Crippen molar-refractivity contribution in [3.8, 4) is 0 Å². The van der Waals surface area contributed by atoms with Crippen LogP contribution in [0.5, 0.6) is 0 Å². The summed E-state index contributed by atoms with van der Waals surface area (Å²) in [5.74, 6) is -1.14. The van der Waals surface area contributed by atoms with E-state index in [4.69, 9.17) is 0 Å². The number of hydrogen-bond donors (Lipinski definition) is 2. The monoisotopic (exact) mass is 294 g/mol. The highest BCUT2D eigenvalue weighted by atomic mass is 16.4. The van der Waals surface area contributed by atoms with E-state index in [9.17, 15) is 14.7 Å². The van der Waals surface area contributed by atoms with Gasteiger partial charge in [0.05, 0.1) is 5.52 Å². The van der Waals surface area contributed by atoms with E-state index in [2.05, 4.69) is 5.32 Å². The van der Waals surface area contributed by atoms with Crippen LogP contribution in [0.2, 0.25) is 0 Å². The van der Waals surface area contributed by atoms with Crippen molar-refractivity contribution in [3.63, 3.8) is 0 Å². The van der Waals surface area contributed by atoms with Crippen LogP contribution in [0.4, 0.5) is 10.5 Å². The average molecular weight is 294 g/mol. The second-order valence-corrected chi connectivity index (χ2v) is 4.97. The minimum Gasteiger partial charge on any atom is -0.477 e. The molecule has 3 aromatic rings. The summed E-state index contributed by atoms with van der Waals surface area (Å²) >= 11 is 0. The van der Waals surface area contributed by atoms with E-state index in [0.29, 0.717) is 16.6 Å². The van der Waals surface area contributed by atoms with Crippen LogP contribution in [0.1, 0.15) is 16.1 Å². The van der Waals surface area contributed by atoms with Crippen molar-refractivity contribution in [2.75, 3.05) is 5.32 Å². The quantitative estimate of drug-likeness (QED) is 0.756. The Morgan fingerprint density at radius 3 is 2.45 bits per heavy atom. The van der Waals surface area contributed by atoms with Gasteiger partial charge in [-0.3, -0.25) is 4.57 Å². The van der Waals surface area contributed by atoms with Gasteiger partial charge < -0.3 is 10.4 Å². The molecule has 5 heteroatoms. The van der Waals surface area contributed by atoms with Crippen molar-refractivity contribution >= 4 is 28.6 Å². The zero-order valence-corrected chi connectivity index (χ0v) is 11.9. The van der Waals surface area contributed by atoms with E-state index < -0.39 is 12.0 Å². The molecule has 0 saturated carbocycles. The fourth-order valence-corrected chi connectivity index (χ4v) is 2.42. The summed E-state index contributed by atoms with van der Waals surface area (Å²) in [6.07, 6.45) is 0. The lowest BCUT2D eigenvalue weighted by Crippen LogP contribution is -2.23. The lowest BCUT2D eigenvalue weighted by Gasteiger charge is -2.11. The fourth-order valence-electron chi connectivity index (χ4n) is 2.42. The Morgan fingerprint density at radius 2 is 1.73 bits per heavy atom. The van der Waals surface area contributed by atoms with Crippen molar-refractivity contribution in [1.29, 1.82) is 0 Å². The number of aromatic carboxylic acids is 1. The predicted octanol–water partition coefficient (Wildman–Crippen LogP) is 3.73. The van der Waals surface area contributed by atoms with Crippen molar-refractivity contribution < 1.29 is 14.7 Å². The number of anilines is 1. The molecule has 0 atom stereocenters. The number of carboxylic acid groups (broad SMARTS) is 1. The molecule has 0 saturated heterocycles. The zero-order valence-electron chi connectivity index (χ0n) is 11.9. The molecule has 0 aliphatic heterocycles. The van der Waals surface area contributed by atoms with Crippen LogP contribution in [0, 0.1) is 6.92 Å². The third kappa shape index (κ3) is 2.33. The molecule has 0 radical (unpaired) electrons. The summed E-state index contributed by atoms with van der Waals surface area (Å²) < 4.78 is 1.18. The number of nitrogens with zero attached hydrogens (tertiary/aromatic N) is 1. The highest BCUT2D eigenvalue weighted by Crippen LogP contribution is 2.21. The molecule has 3 rings (SSSR count). The van der Waals surface area contributed by atoms with E-state index in [1.165, 1.54) is 10.6 Å². The smallest absolute Gasteiger partial charge is 0.353 e. The number of fused-ring (bicyclic) bond motifs is 1. The predicted molar refractivity (Wildman–Crippen MR) is 84.5 cm³/mol. The third-order valence-corrected chi connectivity index (χ3v) is 3.52. The van der Waals surface area contributed by atoms with Crippen molar-refractivity contribution in [1.82, 2.24) is 4.57 Å². The number of amides is 1. The second kappa shape index (κ2) is 5.37. The number of carboxylic acids is 1. The first kappa shape index (κ1) is 13.9. The molecule has 0 aliphatic carbocycles. The highest BCUT2D eigenvalue weighted by molar-refractivity contribution is 6.05. The first-order chi connectivity index (χ1) is 10.6. The maximum absolute atomic E-state index is 12.6. The normalized spacial score (nSPS) is 10.6. The van der Waals surface area contributed by atoms with Gasteiger partial charge in [-0.05, 0) is 30.7 Å². The molecule has 0 bridgehead atoms. The SMILES string of the molecule is Cc1ccccc1NC(=O)n1c(C(=O)O)cc2ccccc21. The second-order valence-electron chi connectivity index (χ2n) is 4.97. The minimum atomic E-state index is -1.14. The third-order valence-electron chi connectivity index (χ3n) is 3.52. The summed E-state index contributed by atoms with van der Waals surface area (Å²) in [6, 6.07) is 15.4. The maximum Gasteiger partial charge on any atom is 0.353 e. The van der Waals surface area contributed by atoms with E-state index >= 15 is 0 Å². The van der Waals surface area contributed by atoms with Gasteiger partial charge in [0.1, 0.15) is 5.69 Å². The molecule has 0 fully saturated rings. The number of hydrogen-bond acceptors (Lipinski definition) is 2. The molecule has 1 heterocycles. The van der Waals surface area contributed by atoms with Gasteiger partial charge in [-0.2, -0.15) is 0 Å². The van der Waals surface area contributed by atoms with E-state index in [-0.39, 0.29) is 5.69 Å². The lowest BCUT2D eigenvalue weighted by atomic mass is 10.2. The van der Waals surface area contributed by atoms with Gasteiger partial charge in [0.2, 0.25) is 0 Å². The number of nitrogens with one attached hydrogen (secondary N) is 1. The van der Waals surface area contributed by atoms with Gasteiger partial charge in [-0.15, -0.1) is 0 Å². The number of benzene rings is 2. The number of carbonyl (C=O) groups excluding carboxylic acids is 1. The van der Waals surface area contributed by atoms with Gasteiger partial charge in [0.15, 0.2) is 0 Å². The van der Waals surface area contributed by atoms with Crippen LogP contribution in [0.15, 0.2) is 54.6 Å². The summed E-state index contributed by atoms with van der Waals surface area (Å²) in [4.78, 5) is 24.0. The first-order valence-electron chi connectivity index (χ1n) is 6.78. The van der Waals surface area contributed by atoms with Crippen LogP contribution in [0.3, 0.4) is 0 Å². The molecular weight excluding hydrogens is 280 g/mol. The zero-order chi connectivity index (χ0) is 15.7. The largest absolute Gasteiger partial charge is 0.477 e. The summed E-state index contributed by atoms with van der Waals surface area (Å²) in [5.41, 5.74) is 2.06. The standard InChI is InChI=1S/C17H14N2O3/c1-11-6-2-4-8-13(11)18-17(22)19-14-9-5-3-7-12(14)10-15(19)16(20)21/h2-10H,1H3,(H,18,22)(H,20,21). The Bertz CT molecular complexity index is 880. The molecule has 2 N–H and O–H groups in total. The Kier molecular flexibility index (Phi) is 3.39. The molecule has 5 nitrogen and oxygen atoms in total. The molecule has 0 aliphatic rings. The molecule has 1 amide bonds. The van der Waals surface area contributed by atoms with Crippen molar-refractivity contribution in [2.45, 2.75) is 6.92 Å². The van der Waals surface area contributed by atoms with Crippen LogP contribution in [-0.2, 0) is 0 Å². The molecule has 0 unspecified atom stereocenters. The van der Waals surface area contributed by atoms with Gasteiger partial charge in [0, 0.05) is 11.1 Å². The molecule has 1 aromatic heterocycles. The summed E-state index contributed by atoms with van der Waals surface area (Å²) in [5, 5.41) is 12.8. The molecule has 0 spiro atoms. The Hall–Kier alpha value is -3.08. The summed E-state index contributed by atoms with van der Waals surface area (Å²) in [7, 11) is 0. The first-order valence-corrected chi connectivity index (χ1v) is 6.78. The van der Waals surface area contributed by atoms with E-state index in [1.807, 2.05) is 25.1 Å². The number of para-hydroxylation sites is 2. The van der Waals surface area contributed by atoms with Crippen LogP contribution >= 0.6 is 0 Å². The molecule has 110 valence electrons. The number of rotatable bonds is 2. The topological polar surface area (TPSA) is 71.3 Å². The fraction of sp³-hybridized carbons (Fsp3) is 0.0588. The van der Waals surface area contributed by atoms with Gasteiger partial charge in [0.25, 0.3) is 0 Å². The van der Waals surface area contributed by atoms with Gasteiger partial charge in [-0.1, -0.05) is 36.4 Å².